The largest absolute Gasteiger partial charge is 0.387 e. The standard InChI is InChI=1S/C19H21N3O5S/c1-13-3-2-4-15(9-13)21-19(25)12-28-11-18(24)20-10-17(23)14-5-7-16(8-6-14)22(26)27/h2-9,17,23H,10-12H2,1H3,(H,20,24)(H,21,25)/t17-/m0/s1. The summed E-state index contributed by atoms with van der Waals surface area (Å²) >= 11 is 1.16. The highest BCUT2D eigenvalue weighted by Crippen LogP contribution is 2.17. The molecule has 0 fully saturated rings. The number of benzene rings is 2. The van der Waals surface area contributed by atoms with Crippen molar-refractivity contribution in [3.8, 4) is 0 Å². The number of non-ortho nitro benzene ring substituents is 1. The first kappa shape index (κ1) is 21.4. The number of nitrogens with zero attached hydrogens (tertiary/aromatic N) is 1. The number of anilines is 1. The molecule has 2 amide bonds. The zero-order valence-electron chi connectivity index (χ0n) is 15.3. The number of carbonyl (C=O) groups is 2. The number of aliphatic hydroxyl groups excluding tert-OH is 1. The third kappa shape index (κ3) is 7.01. The maximum absolute atomic E-state index is 11.9. The molecule has 0 radical (unpaired) electrons. The van der Waals surface area contributed by atoms with Crippen LogP contribution < -0.4 is 10.6 Å². The van der Waals surface area contributed by atoms with Gasteiger partial charge in [0.2, 0.25) is 11.8 Å². The average molecular weight is 403 g/mol. The number of nitro groups is 1. The molecule has 0 saturated heterocycles. The second-order valence-corrected chi connectivity index (χ2v) is 7.06. The van der Waals surface area contributed by atoms with Gasteiger partial charge < -0.3 is 15.7 Å². The number of hydrogen-bond donors (Lipinski definition) is 3. The van der Waals surface area contributed by atoms with Gasteiger partial charge in [0.25, 0.3) is 5.69 Å². The number of nitro benzene ring substituents is 1. The Hall–Kier alpha value is -2.91. The van der Waals surface area contributed by atoms with Gasteiger partial charge >= 0.3 is 0 Å². The minimum Gasteiger partial charge on any atom is -0.387 e. The summed E-state index contributed by atoms with van der Waals surface area (Å²) in [6.45, 7) is 1.91. The van der Waals surface area contributed by atoms with Crippen LogP contribution >= 0.6 is 11.8 Å². The van der Waals surface area contributed by atoms with Gasteiger partial charge in [-0.2, -0.15) is 0 Å². The van der Waals surface area contributed by atoms with E-state index in [1.807, 2.05) is 25.1 Å². The third-order valence-corrected chi connectivity index (χ3v) is 4.68. The molecular weight excluding hydrogens is 382 g/mol. The molecule has 0 aliphatic rings. The second kappa shape index (κ2) is 10.4. The Morgan fingerprint density at radius 2 is 1.82 bits per heavy atom. The number of hydrogen-bond acceptors (Lipinski definition) is 6. The molecule has 2 aromatic carbocycles. The fraction of sp³-hybridized carbons (Fsp3) is 0.263. The van der Waals surface area contributed by atoms with E-state index in [1.165, 1.54) is 24.3 Å². The van der Waals surface area contributed by atoms with Crippen molar-refractivity contribution < 1.29 is 19.6 Å². The van der Waals surface area contributed by atoms with E-state index in [4.69, 9.17) is 0 Å². The summed E-state index contributed by atoms with van der Waals surface area (Å²) < 4.78 is 0. The molecule has 0 spiro atoms. The highest BCUT2D eigenvalue weighted by Gasteiger charge is 2.12. The molecule has 3 N–H and O–H groups in total. The fourth-order valence-electron chi connectivity index (χ4n) is 2.35. The molecule has 2 rings (SSSR count). The summed E-state index contributed by atoms with van der Waals surface area (Å²) in [4.78, 5) is 33.8. The van der Waals surface area contributed by atoms with Gasteiger partial charge in [-0.25, -0.2) is 0 Å². The van der Waals surface area contributed by atoms with Crippen molar-refractivity contribution in [3.63, 3.8) is 0 Å². The lowest BCUT2D eigenvalue weighted by Crippen LogP contribution is -2.30. The molecule has 8 nitrogen and oxygen atoms in total. The monoisotopic (exact) mass is 403 g/mol. The van der Waals surface area contributed by atoms with Crippen molar-refractivity contribution in [2.75, 3.05) is 23.4 Å². The Kier molecular flexibility index (Phi) is 7.97. The van der Waals surface area contributed by atoms with E-state index >= 15 is 0 Å². The van der Waals surface area contributed by atoms with Crippen LogP contribution in [-0.2, 0) is 9.59 Å². The van der Waals surface area contributed by atoms with Crippen LogP contribution in [-0.4, -0.2) is 39.9 Å². The topological polar surface area (TPSA) is 122 Å². The quantitative estimate of drug-likeness (QED) is 0.437. The molecule has 28 heavy (non-hydrogen) atoms. The van der Waals surface area contributed by atoms with E-state index in [0.717, 1.165) is 17.3 Å². The predicted octanol–water partition coefficient (Wildman–Crippen LogP) is 2.42. The SMILES string of the molecule is Cc1cccc(NC(=O)CSCC(=O)NC[C@H](O)c2ccc([N+](=O)[O-])cc2)c1. The van der Waals surface area contributed by atoms with Crippen LogP contribution in [0.4, 0.5) is 11.4 Å². The molecule has 0 bridgehead atoms. The lowest BCUT2D eigenvalue weighted by Gasteiger charge is -2.12. The van der Waals surface area contributed by atoms with Crippen molar-refractivity contribution in [3.05, 3.63) is 69.8 Å². The van der Waals surface area contributed by atoms with Crippen LogP contribution in [0.3, 0.4) is 0 Å². The highest BCUT2D eigenvalue weighted by molar-refractivity contribution is 8.00. The average Bonchev–Trinajstić information content (AvgIpc) is 2.66. The van der Waals surface area contributed by atoms with Crippen molar-refractivity contribution in [1.82, 2.24) is 5.32 Å². The third-order valence-electron chi connectivity index (χ3n) is 3.75. The van der Waals surface area contributed by atoms with Gasteiger partial charge in [-0.3, -0.25) is 19.7 Å². The number of thioether (sulfide) groups is 1. The summed E-state index contributed by atoms with van der Waals surface area (Å²) in [6.07, 6.45) is -0.973. The minimum absolute atomic E-state index is 0.0211. The van der Waals surface area contributed by atoms with E-state index in [0.29, 0.717) is 11.3 Å². The van der Waals surface area contributed by atoms with Crippen molar-refractivity contribution >= 4 is 35.0 Å². The van der Waals surface area contributed by atoms with E-state index in [2.05, 4.69) is 10.6 Å². The molecule has 148 valence electrons. The Morgan fingerprint density at radius 3 is 2.46 bits per heavy atom. The Morgan fingerprint density at radius 1 is 1.14 bits per heavy atom. The fourth-order valence-corrected chi connectivity index (χ4v) is 3.00. The molecule has 0 saturated carbocycles. The predicted molar refractivity (Wildman–Crippen MR) is 108 cm³/mol. The van der Waals surface area contributed by atoms with Crippen LogP contribution in [0.25, 0.3) is 0 Å². The summed E-state index contributed by atoms with van der Waals surface area (Å²) in [6, 6.07) is 12.9. The van der Waals surface area contributed by atoms with Gasteiger partial charge in [-0.15, -0.1) is 11.8 Å². The van der Waals surface area contributed by atoms with Crippen molar-refractivity contribution in [2.45, 2.75) is 13.0 Å². The summed E-state index contributed by atoms with van der Waals surface area (Å²) in [5.41, 5.74) is 2.15. The molecule has 0 unspecified atom stereocenters. The van der Waals surface area contributed by atoms with Crippen molar-refractivity contribution in [1.29, 1.82) is 0 Å². The number of aliphatic hydroxyl groups is 1. The molecule has 0 aliphatic heterocycles. The van der Waals surface area contributed by atoms with Gasteiger partial charge in [-0.05, 0) is 42.3 Å². The minimum atomic E-state index is -0.973. The van der Waals surface area contributed by atoms with Gasteiger partial charge in [-0.1, -0.05) is 12.1 Å². The van der Waals surface area contributed by atoms with Gasteiger partial charge in [0.15, 0.2) is 0 Å². The number of amides is 2. The number of carbonyl (C=O) groups excluding carboxylic acids is 2. The zero-order chi connectivity index (χ0) is 20.5. The van der Waals surface area contributed by atoms with Crippen LogP contribution in [0.1, 0.15) is 17.2 Å². The Balaban J connectivity index is 1.67. The molecule has 2 aromatic rings. The maximum Gasteiger partial charge on any atom is 0.269 e. The molecule has 1 atom stereocenters. The summed E-state index contributed by atoms with van der Waals surface area (Å²) in [5, 5.41) is 26.0. The number of aryl methyl sites for hydroxylation is 1. The lowest BCUT2D eigenvalue weighted by molar-refractivity contribution is -0.384. The highest BCUT2D eigenvalue weighted by atomic mass is 32.2. The summed E-state index contributed by atoms with van der Waals surface area (Å²) in [7, 11) is 0. The first-order chi connectivity index (χ1) is 13.3. The molecule has 0 aromatic heterocycles. The van der Waals surface area contributed by atoms with E-state index in [9.17, 15) is 24.8 Å². The van der Waals surface area contributed by atoms with Crippen molar-refractivity contribution in [2.24, 2.45) is 0 Å². The summed E-state index contributed by atoms with van der Waals surface area (Å²) in [5.74, 6) is -0.302. The van der Waals surface area contributed by atoms with Gasteiger partial charge in [0.1, 0.15) is 0 Å². The van der Waals surface area contributed by atoms with Crippen LogP contribution in [0.5, 0.6) is 0 Å². The molecule has 0 heterocycles. The van der Waals surface area contributed by atoms with E-state index in [1.54, 1.807) is 6.07 Å². The molecular formula is C19H21N3O5S. The molecule has 0 aliphatic carbocycles. The number of rotatable bonds is 9. The normalized spacial score (nSPS) is 11.5. The number of nitrogens with one attached hydrogen (secondary N) is 2. The Labute approximate surface area is 166 Å². The maximum atomic E-state index is 11.9. The van der Waals surface area contributed by atoms with E-state index in [-0.39, 0.29) is 35.6 Å². The lowest BCUT2D eigenvalue weighted by atomic mass is 10.1. The Bertz CT molecular complexity index is 842. The van der Waals surface area contributed by atoms with Gasteiger partial charge in [0, 0.05) is 24.4 Å². The van der Waals surface area contributed by atoms with Crippen LogP contribution in [0.15, 0.2) is 48.5 Å². The smallest absolute Gasteiger partial charge is 0.269 e. The van der Waals surface area contributed by atoms with Gasteiger partial charge in [0.05, 0.1) is 22.5 Å². The first-order valence-corrected chi connectivity index (χ1v) is 9.64. The zero-order valence-corrected chi connectivity index (χ0v) is 16.1. The van der Waals surface area contributed by atoms with Crippen LogP contribution in [0, 0.1) is 17.0 Å². The van der Waals surface area contributed by atoms with Crippen LogP contribution in [0.2, 0.25) is 0 Å². The van der Waals surface area contributed by atoms with E-state index < -0.39 is 11.0 Å². The second-order valence-electron chi connectivity index (χ2n) is 6.08. The first-order valence-electron chi connectivity index (χ1n) is 8.48. The molecule has 9 heteroatoms.